The maximum Gasteiger partial charge on any atom is 0.335 e. The van der Waals surface area contributed by atoms with E-state index in [0.717, 1.165) is 31.2 Å². The molecule has 1 saturated carbocycles. The number of carboxylic acid groups (broad SMARTS) is 1. The molecule has 0 spiro atoms. The third kappa shape index (κ3) is 4.33. The Kier molecular flexibility index (Phi) is 4.89. The summed E-state index contributed by atoms with van der Waals surface area (Å²) >= 11 is 0. The van der Waals surface area contributed by atoms with Gasteiger partial charge in [-0.25, -0.2) is 4.79 Å². The van der Waals surface area contributed by atoms with Gasteiger partial charge in [-0.05, 0) is 70.1 Å². The summed E-state index contributed by atoms with van der Waals surface area (Å²) < 4.78 is 5.46. The van der Waals surface area contributed by atoms with Crippen LogP contribution in [-0.4, -0.2) is 22.6 Å². The van der Waals surface area contributed by atoms with Crippen LogP contribution in [0, 0.1) is 5.92 Å². The maximum absolute atomic E-state index is 12.1. The average Bonchev–Trinajstić information content (AvgIpc) is 2.46. The molecule has 4 nitrogen and oxygen atoms in total. The Morgan fingerprint density at radius 2 is 1.59 bits per heavy atom. The van der Waals surface area contributed by atoms with Gasteiger partial charge in [0.15, 0.2) is 0 Å². The van der Waals surface area contributed by atoms with E-state index in [1.165, 1.54) is 0 Å². The standard InChI is InChI=1S/C18H24O4/c1-18(2,3)22-17(21)15-10-6-13(7-11-15)12-4-8-14(9-5-12)16(19)20/h4-5,8-9,13,15H,6-7,10-11H2,1-3H3,(H,19,20)/t13-,15-. The van der Waals surface area contributed by atoms with Crippen molar-refractivity contribution >= 4 is 11.9 Å². The van der Waals surface area contributed by atoms with Gasteiger partial charge in [0.1, 0.15) is 5.60 Å². The second kappa shape index (κ2) is 6.51. The molecule has 1 aromatic rings. The lowest BCUT2D eigenvalue weighted by Gasteiger charge is -2.30. The van der Waals surface area contributed by atoms with E-state index >= 15 is 0 Å². The minimum atomic E-state index is -0.903. The highest BCUT2D eigenvalue weighted by Gasteiger charge is 2.30. The number of hydrogen-bond donors (Lipinski definition) is 1. The van der Waals surface area contributed by atoms with Crippen molar-refractivity contribution in [2.75, 3.05) is 0 Å². The lowest BCUT2D eigenvalue weighted by atomic mass is 9.78. The predicted octanol–water partition coefficient (Wildman–Crippen LogP) is 4.00. The molecular formula is C18H24O4. The van der Waals surface area contributed by atoms with Crippen molar-refractivity contribution in [3.05, 3.63) is 35.4 Å². The van der Waals surface area contributed by atoms with Crippen LogP contribution in [0.2, 0.25) is 0 Å². The number of carbonyl (C=O) groups is 2. The zero-order chi connectivity index (χ0) is 16.3. The van der Waals surface area contributed by atoms with Gasteiger partial charge in [0.2, 0.25) is 0 Å². The zero-order valence-corrected chi connectivity index (χ0v) is 13.5. The van der Waals surface area contributed by atoms with Gasteiger partial charge in [-0.1, -0.05) is 12.1 Å². The minimum absolute atomic E-state index is 0.00577. The molecule has 1 aromatic carbocycles. The Balaban J connectivity index is 1.91. The molecule has 0 saturated heterocycles. The highest BCUT2D eigenvalue weighted by atomic mass is 16.6. The van der Waals surface area contributed by atoms with Gasteiger partial charge in [-0.3, -0.25) is 4.79 Å². The van der Waals surface area contributed by atoms with E-state index in [1.54, 1.807) is 12.1 Å². The van der Waals surface area contributed by atoms with Crippen LogP contribution in [0.4, 0.5) is 0 Å². The molecule has 0 aliphatic heterocycles. The molecule has 1 fully saturated rings. The van der Waals surface area contributed by atoms with Crippen molar-refractivity contribution in [2.24, 2.45) is 5.92 Å². The van der Waals surface area contributed by atoms with E-state index in [1.807, 2.05) is 32.9 Å². The molecule has 0 bridgehead atoms. The van der Waals surface area contributed by atoms with Crippen LogP contribution >= 0.6 is 0 Å². The number of aromatic carboxylic acids is 1. The summed E-state index contributed by atoms with van der Waals surface area (Å²) in [6, 6.07) is 7.08. The first kappa shape index (κ1) is 16.5. The lowest BCUT2D eigenvalue weighted by molar-refractivity contribution is -0.161. The SMILES string of the molecule is CC(C)(C)OC(=O)[C@H]1CC[C@H](c2ccc(C(=O)O)cc2)CC1. The number of carboxylic acids is 1. The van der Waals surface area contributed by atoms with Crippen molar-refractivity contribution in [3.8, 4) is 0 Å². The van der Waals surface area contributed by atoms with Gasteiger partial charge in [0.25, 0.3) is 0 Å². The van der Waals surface area contributed by atoms with Gasteiger partial charge >= 0.3 is 11.9 Å². The third-order valence-electron chi connectivity index (χ3n) is 4.10. The molecule has 1 N–H and O–H groups in total. The largest absolute Gasteiger partial charge is 0.478 e. The molecule has 0 radical (unpaired) electrons. The van der Waals surface area contributed by atoms with Gasteiger partial charge in [-0.15, -0.1) is 0 Å². The molecule has 0 aromatic heterocycles. The van der Waals surface area contributed by atoms with Crippen molar-refractivity contribution in [3.63, 3.8) is 0 Å². The average molecular weight is 304 g/mol. The minimum Gasteiger partial charge on any atom is -0.478 e. The second-order valence-corrected chi connectivity index (χ2v) is 7.01. The molecule has 120 valence electrons. The number of esters is 1. The molecular weight excluding hydrogens is 280 g/mol. The van der Waals surface area contributed by atoms with Crippen LogP contribution in [0.25, 0.3) is 0 Å². The monoisotopic (exact) mass is 304 g/mol. The molecule has 0 heterocycles. The van der Waals surface area contributed by atoms with E-state index in [2.05, 4.69) is 0 Å². The normalized spacial score (nSPS) is 22.1. The molecule has 0 amide bonds. The van der Waals surface area contributed by atoms with Crippen LogP contribution in [0.3, 0.4) is 0 Å². The molecule has 1 aliphatic carbocycles. The summed E-state index contributed by atoms with van der Waals surface area (Å²) in [6.45, 7) is 5.67. The quantitative estimate of drug-likeness (QED) is 0.857. The number of ether oxygens (including phenoxy) is 1. The highest BCUT2D eigenvalue weighted by molar-refractivity contribution is 5.87. The van der Waals surface area contributed by atoms with Crippen LogP contribution in [-0.2, 0) is 9.53 Å². The highest BCUT2D eigenvalue weighted by Crippen LogP contribution is 2.36. The maximum atomic E-state index is 12.1. The van der Waals surface area contributed by atoms with E-state index in [9.17, 15) is 9.59 Å². The first-order valence-corrected chi connectivity index (χ1v) is 7.82. The number of carbonyl (C=O) groups excluding carboxylic acids is 1. The van der Waals surface area contributed by atoms with Gasteiger partial charge < -0.3 is 9.84 Å². The Hall–Kier alpha value is -1.84. The summed E-state index contributed by atoms with van der Waals surface area (Å²) in [7, 11) is 0. The Morgan fingerprint density at radius 3 is 2.05 bits per heavy atom. The van der Waals surface area contributed by atoms with Crippen molar-refractivity contribution in [1.82, 2.24) is 0 Å². The molecule has 22 heavy (non-hydrogen) atoms. The van der Waals surface area contributed by atoms with Gasteiger partial charge in [0.05, 0.1) is 11.5 Å². The second-order valence-electron chi connectivity index (χ2n) is 7.01. The summed E-state index contributed by atoms with van der Waals surface area (Å²) in [4.78, 5) is 23.0. The Bertz CT molecular complexity index is 531. The van der Waals surface area contributed by atoms with Crippen LogP contribution in [0.5, 0.6) is 0 Å². The summed E-state index contributed by atoms with van der Waals surface area (Å²) in [5.41, 5.74) is 1.04. The van der Waals surface area contributed by atoms with Gasteiger partial charge in [0, 0.05) is 0 Å². The van der Waals surface area contributed by atoms with E-state index in [4.69, 9.17) is 9.84 Å². The zero-order valence-electron chi connectivity index (χ0n) is 13.5. The smallest absolute Gasteiger partial charge is 0.335 e. The van der Waals surface area contributed by atoms with Crippen molar-refractivity contribution < 1.29 is 19.4 Å². The molecule has 0 unspecified atom stereocenters. The van der Waals surface area contributed by atoms with E-state index < -0.39 is 11.6 Å². The molecule has 4 heteroatoms. The van der Waals surface area contributed by atoms with E-state index in [-0.39, 0.29) is 11.9 Å². The van der Waals surface area contributed by atoms with Crippen LogP contribution in [0.15, 0.2) is 24.3 Å². The number of hydrogen-bond acceptors (Lipinski definition) is 3. The van der Waals surface area contributed by atoms with Gasteiger partial charge in [-0.2, -0.15) is 0 Å². The third-order valence-corrected chi connectivity index (χ3v) is 4.10. The number of benzene rings is 1. The Morgan fingerprint density at radius 1 is 1.05 bits per heavy atom. The molecule has 1 aliphatic rings. The fourth-order valence-corrected chi connectivity index (χ4v) is 2.95. The topological polar surface area (TPSA) is 63.6 Å². The number of rotatable bonds is 3. The summed E-state index contributed by atoms with van der Waals surface area (Å²) in [5, 5.41) is 8.92. The first-order chi connectivity index (χ1) is 10.3. The molecule has 2 rings (SSSR count). The predicted molar refractivity (Wildman–Crippen MR) is 83.9 cm³/mol. The fourth-order valence-electron chi connectivity index (χ4n) is 2.95. The fraction of sp³-hybridized carbons (Fsp3) is 0.556. The van der Waals surface area contributed by atoms with E-state index in [0.29, 0.717) is 11.5 Å². The lowest BCUT2D eigenvalue weighted by Crippen LogP contribution is -2.30. The summed E-state index contributed by atoms with van der Waals surface area (Å²) in [6.07, 6.45) is 3.55. The van der Waals surface area contributed by atoms with Crippen LogP contribution in [0.1, 0.15) is 68.3 Å². The first-order valence-electron chi connectivity index (χ1n) is 7.82. The Labute approximate surface area is 131 Å². The molecule has 0 atom stereocenters. The van der Waals surface area contributed by atoms with Crippen LogP contribution < -0.4 is 0 Å². The summed E-state index contributed by atoms with van der Waals surface area (Å²) in [5.74, 6) is -0.595. The van der Waals surface area contributed by atoms with Crippen molar-refractivity contribution in [1.29, 1.82) is 0 Å². The van der Waals surface area contributed by atoms with Crippen molar-refractivity contribution in [2.45, 2.75) is 58.0 Å².